The Bertz CT molecular complexity index is 615. The van der Waals surface area contributed by atoms with Crippen molar-refractivity contribution in [1.82, 2.24) is 0 Å². The number of benzene rings is 1. The first-order chi connectivity index (χ1) is 10.1. The van der Waals surface area contributed by atoms with E-state index in [1.165, 1.54) is 11.8 Å². The first-order valence-electron chi connectivity index (χ1n) is 6.60. The molecule has 1 saturated heterocycles. The van der Waals surface area contributed by atoms with E-state index < -0.39 is 30.0 Å². The molecule has 0 unspecified atom stereocenters. The van der Waals surface area contributed by atoms with Gasteiger partial charge in [-0.2, -0.15) is 0 Å². The number of ether oxygens (including phenoxy) is 1. The van der Waals surface area contributed by atoms with Crippen molar-refractivity contribution >= 4 is 29.3 Å². The Labute approximate surface area is 126 Å². The van der Waals surface area contributed by atoms with Crippen LogP contribution in [0.2, 0.25) is 0 Å². The molecule has 1 aromatic rings. The highest BCUT2D eigenvalue weighted by atomic mass is 32.2. The first kappa shape index (κ1) is 14.2. The van der Waals surface area contributed by atoms with Gasteiger partial charge in [-0.05, 0) is 18.4 Å². The van der Waals surface area contributed by atoms with Gasteiger partial charge in [-0.1, -0.05) is 24.3 Å². The zero-order valence-corrected chi connectivity index (χ0v) is 12.1. The fraction of sp³-hybridized carbons (Fsp3) is 0.333. The van der Waals surface area contributed by atoms with Gasteiger partial charge < -0.3 is 20.0 Å². The topological polar surface area (TPSA) is 78.5 Å². The molecule has 2 aliphatic heterocycles. The number of aliphatic carboxylic acids is 1. The fourth-order valence-corrected chi connectivity index (χ4v) is 3.42. The van der Waals surface area contributed by atoms with Gasteiger partial charge in [0.1, 0.15) is 0 Å². The second kappa shape index (κ2) is 5.54. The van der Waals surface area contributed by atoms with Crippen LogP contribution in [0.25, 0.3) is 0 Å². The molecule has 1 amide bonds. The molecule has 1 aromatic carbocycles. The predicted octanol–water partition coefficient (Wildman–Crippen LogP) is 0.666. The molecule has 1 fully saturated rings. The van der Waals surface area contributed by atoms with Crippen LogP contribution >= 0.6 is 11.8 Å². The van der Waals surface area contributed by atoms with E-state index in [9.17, 15) is 14.7 Å². The molecule has 5 nitrogen and oxygen atoms in total. The largest absolute Gasteiger partial charge is 0.550 e. The summed E-state index contributed by atoms with van der Waals surface area (Å²) >= 11 is 1.51. The van der Waals surface area contributed by atoms with Gasteiger partial charge in [-0.3, -0.25) is 4.79 Å². The number of carbonyl (C=O) groups is 2. The van der Waals surface area contributed by atoms with Crippen LogP contribution in [0.1, 0.15) is 0 Å². The number of anilines is 1. The van der Waals surface area contributed by atoms with Crippen LogP contribution in [0.4, 0.5) is 5.69 Å². The van der Waals surface area contributed by atoms with E-state index in [0.29, 0.717) is 5.69 Å². The maximum absolute atomic E-state index is 12.5. The standard InChI is InChI=1S/C15H15NO4S/c1-21-11-5-3-2-4-8(11)16-14(17)12-9-6-7-10(20-9)13(12)15(18)19/h2-7,9-10,12-13H,1H3,(H,16,17)(H,18,19)/p-1/t9-,10+,12+,13+/m1/s1. The third-order valence-corrected chi connectivity index (χ3v) is 4.64. The summed E-state index contributed by atoms with van der Waals surface area (Å²) in [6.07, 6.45) is 4.30. The minimum Gasteiger partial charge on any atom is -0.550 e. The molecule has 4 atom stereocenters. The number of hydrogen-bond acceptors (Lipinski definition) is 5. The van der Waals surface area contributed by atoms with Crippen LogP contribution < -0.4 is 10.4 Å². The molecule has 0 radical (unpaired) electrons. The third-order valence-electron chi connectivity index (χ3n) is 3.84. The average molecular weight is 304 g/mol. The number of fused-ring (bicyclic) bond motifs is 2. The van der Waals surface area contributed by atoms with Crippen molar-refractivity contribution in [3.8, 4) is 0 Å². The van der Waals surface area contributed by atoms with Crippen LogP contribution in [0.5, 0.6) is 0 Å². The summed E-state index contributed by atoms with van der Waals surface area (Å²) in [6, 6.07) is 7.40. The minimum absolute atomic E-state index is 0.345. The molecular formula is C15H14NO4S-. The van der Waals surface area contributed by atoms with Crippen molar-refractivity contribution in [2.75, 3.05) is 11.6 Å². The highest BCUT2D eigenvalue weighted by Crippen LogP contribution is 2.39. The van der Waals surface area contributed by atoms with E-state index in [1.807, 2.05) is 24.5 Å². The molecule has 110 valence electrons. The van der Waals surface area contributed by atoms with E-state index in [1.54, 1.807) is 18.2 Å². The van der Waals surface area contributed by atoms with Crippen molar-refractivity contribution in [1.29, 1.82) is 0 Å². The maximum Gasteiger partial charge on any atom is 0.231 e. The maximum atomic E-state index is 12.5. The van der Waals surface area contributed by atoms with Gasteiger partial charge in [-0.25, -0.2) is 0 Å². The lowest BCUT2D eigenvalue weighted by Crippen LogP contribution is -2.45. The van der Waals surface area contributed by atoms with Crippen LogP contribution in [-0.4, -0.2) is 30.3 Å². The van der Waals surface area contributed by atoms with Crippen LogP contribution in [0.3, 0.4) is 0 Å². The molecule has 6 heteroatoms. The van der Waals surface area contributed by atoms with Gasteiger partial charge in [0.2, 0.25) is 5.91 Å². The van der Waals surface area contributed by atoms with E-state index in [-0.39, 0.29) is 5.91 Å². The SMILES string of the molecule is CSc1ccccc1NC(=O)[C@@H]1[C@@H](C(=O)[O-])[C@@H]2C=C[C@H]1O2. The molecule has 0 spiro atoms. The van der Waals surface area contributed by atoms with Crippen LogP contribution in [0, 0.1) is 11.8 Å². The van der Waals surface area contributed by atoms with Crippen molar-refractivity contribution < 1.29 is 19.4 Å². The summed E-state index contributed by atoms with van der Waals surface area (Å²) < 4.78 is 5.48. The number of carboxylic acid groups (broad SMARTS) is 1. The summed E-state index contributed by atoms with van der Waals surface area (Å²) in [6.45, 7) is 0. The number of para-hydroxylation sites is 1. The number of carbonyl (C=O) groups excluding carboxylic acids is 2. The van der Waals surface area contributed by atoms with E-state index in [2.05, 4.69) is 5.32 Å². The number of carboxylic acids is 1. The Hall–Kier alpha value is -1.79. The summed E-state index contributed by atoms with van der Waals surface area (Å²) in [7, 11) is 0. The molecule has 21 heavy (non-hydrogen) atoms. The Morgan fingerprint density at radius 1 is 1.19 bits per heavy atom. The Morgan fingerprint density at radius 2 is 1.86 bits per heavy atom. The molecule has 0 aromatic heterocycles. The fourth-order valence-electron chi connectivity index (χ4n) is 2.87. The van der Waals surface area contributed by atoms with Gasteiger partial charge in [0.25, 0.3) is 0 Å². The Balaban J connectivity index is 1.82. The van der Waals surface area contributed by atoms with Crippen LogP contribution in [0.15, 0.2) is 41.3 Å². The zero-order valence-electron chi connectivity index (χ0n) is 11.3. The number of nitrogens with one attached hydrogen (secondary N) is 1. The molecule has 1 N–H and O–H groups in total. The normalized spacial score (nSPS) is 29.6. The predicted molar refractivity (Wildman–Crippen MR) is 76.6 cm³/mol. The van der Waals surface area contributed by atoms with Crippen LogP contribution in [-0.2, 0) is 14.3 Å². The number of hydrogen-bond donors (Lipinski definition) is 1. The monoisotopic (exact) mass is 304 g/mol. The number of amides is 1. The lowest BCUT2D eigenvalue weighted by molar-refractivity contribution is -0.313. The Morgan fingerprint density at radius 3 is 2.52 bits per heavy atom. The molecule has 0 saturated carbocycles. The molecule has 2 bridgehead atoms. The van der Waals surface area contributed by atoms with Crippen molar-refractivity contribution in [2.24, 2.45) is 11.8 Å². The second-order valence-electron chi connectivity index (χ2n) is 5.01. The summed E-state index contributed by atoms with van der Waals surface area (Å²) in [4.78, 5) is 24.7. The highest BCUT2D eigenvalue weighted by molar-refractivity contribution is 7.98. The van der Waals surface area contributed by atoms with Crippen molar-refractivity contribution in [2.45, 2.75) is 17.1 Å². The number of thioether (sulfide) groups is 1. The van der Waals surface area contributed by atoms with E-state index in [0.717, 1.165) is 4.90 Å². The average Bonchev–Trinajstić information content (AvgIpc) is 3.08. The third kappa shape index (κ3) is 2.45. The zero-order chi connectivity index (χ0) is 15.0. The lowest BCUT2D eigenvalue weighted by atomic mass is 9.82. The molecule has 2 aliphatic rings. The number of rotatable bonds is 4. The van der Waals surface area contributed by atoms with Gasteiger partial charge in [0.05, 0.1) is 23.8 Å². The van der Waals surface area contributed by atoms with Gasteiger partial charge in [0, 0.05) is 16.8 Å². The molecule has 0 aliphatic carbocycles. The van der Waals surface area contributed by atoms with Crippen molar-refractivity contribution in [3.05, 3.63) is 36.4 Å². The first-order valence-corrected chi connectivity index (χ1v) is 7.83. The molecular weight excluding hydrogens is 290 g/mol. The van der Waals surface area contributed by atoms with Crippen molar-refractivity contribution in [3.63, 3.8) is 0 Å². The molecule has 2 heterocycles. The summed E-state index contributed by atoms with van der Waals surface area (Å²) in [5.41, 5.74) is 0.679. The van der Waals surface area contributed by atoms with Gasteiger partial charge >= 0.3 is 0 Å². The summed E-state index contributed by atoms with van der Waals surface area (Å²) in [5, 5.41) is 14.1. The van der Waals surface area contributed by atoms with Gasteiger partial charge in [0.15, 0.2) is 0 Å². The minimum atomic E-state index is -1.25. The van der Waals surface area contributed by atoms with E-state index >= 15 is 0 Å². The Kier molecular flexibility index (Phi) is 3.73. The quantitative estimate of drug-likeness (QED) is 0.653. The highest BCUT2D eigenvalue weighted by Gasteiger charge is 2.50. The second-order valence-corrected chi connectivity index (χ2v) is 5.86. The smallest absolute Gasteiger partial charge is 0.231 e. The van der Waals surface area contributed by atoms with E-state index in [4.69, 9.17) is 4.74 Å². The summed E-state index contributed by atoms with van der Waals surface area (Å²) in [5.74, 6) is -3.27. The van der Waals surface area contributed by atoms with Gasteiger partial charge in [-0.15, -0.1) is 11.8 Å². The molecule has 3 rings (SSSR count). The lowest BCUT2D eigenvalue weighted by Gasteiger charge is -2.25.